The molecule has 114 valence electrons. The third-order valence-corrected chi connectivity index (χ3v) is 5.41. The Labute approximate surface area is 129 Å². The number of aryl methyl sites for hydroxylation is 2. The molecule has 1 fully saturated rings. The van der Waals surface area contributed by atoms with Crippen molar-refractivity contribution < 1.29 is 14.7 Å². The number of nitrogens with one attached hydrogen (secondary N) is 1. The maximum Gasteiger partial charge on any atom is 0.307 e. The number of aliphatic carboxylic acids is 1. The summed E-state index contributed by atoms with van der Waals surface area (Å²) in [6.07, 6.45) is 8.11. The number of anilines is 1. The van der Waals surface area contributed by atoms with Gasteiger partial charge >= 0.3 is 5.97 Å². The van der Waals surface area contributed by atoms with Gasteiger partial charge < -0.3 is 10.4 Å². The number of carbonyl (C=O) groups excluding carboxylic acids is 1. The van der Waals surface area contributed by atoms with Crippen molar-refractivity contribution in [3.63, 3.8) is 0 Å². The van der Waals surface area contributed by atoms with Crippen molar-refractivity contribution >= 4 is 17.6 Å². The van der Waals surface area contributed by atoms with Crippen LogP contribution in [0.2, 0.25) is 0 Å². The first kappa shape index (κ1) is 13.6. The van der Waals surface area contributed by atoms with E-state index in [0.717, 1.165) is 24.9 Å². The largest absolute Gasteiger partial charge is 0.481 e. The minimum atomic E-state index is -0.856. The number of amides is 1. The Morgan fingerprint density at radius 3 is 2.55 bits per heavy atom. The number of carboxylic acids is 1. The molecule has 1 aromatic carbocycles. The molecule has 0 aromatic heterocycles. The lowest BCUT2D eigenvalue weighted by atomic mass is 9.82. The highest BCUT2D eigenvalue weighted by Gasteiger charge is 2.51. The van der Waals surface area contributed by atoms with Gasteiger partial charge in [-0.25, -0.2) is 0 Å². The highest BCUT2D eigenvalue weighted by Crippen LogP contribution is 2.48. The van der Waals surface area contributed by atoms with Gasteiger partial charge in [-0.15, -0.1) is 0 Å². The fraction of sp³-hybridized carbons (Fsp3) is 0.444. The van der Waals surface area contributed by atoms with E-state index in [-0.39, 0.29) is 17.7 Å². The quantitative estimate of drug-likeness (QED) is 0.843. The second-order valence-electron chi connectivity index (χ2n) is 6.66. The number of hydrogen-bond acceptors (Lipinski definition) is 2. The summed E-state index contributed by atoms with van der Waals surface area (Å²) < 4.78 is 0. The molecule has 0 spiro atoms. The van der Waals surface area contributed by atoms with E-state index in [1.54, 1.807) is 0 Å². The SMILES string of the molecule is O=C(O)[C@@H]1[C@H](C(=O)Nc2ccc3c(c2)CCC3)[C@H]2C=C[C@H]1C2. The Kier molecular flexibility index (Phi) is 3.06. The zero-order chi connectivity index (χ0) is 15.3. The van der Waals surface area contributed by atoms with E-state index < -0.39 is 17.8 Å². The summed E-state index contributed by atoms with van der Waals surface area (Å²) in [4.78, 5) is 24.1. The topological polar surface area (TPSA) is 66.4 Å². The van der Waals surface area contributed by atoms with E-state index in [9.17, 15) is 14.7 Å². The van der Waals surface area contributed by atoms with E-state index in [2.05, 4.69) is 11.4 Å². The normalized spacial score (nSPS) is 31.3. The zero-order valence-electron chi connectivity index (χ0n) is 12.3. The minimum Gasteiger partial charge on any atom is -0.481 e. The molecule has 2 bridgehead atoms. The molecule has 4 nitrogen and oxygen atoms in total. The first-order chi connectivity index (χ1) is 10.6. The molecular weight excluding hydrogens is 278 g/mol. The minimum absolute atomic E-state index is 0.0123. The van der Waals surface area contributed by atoms with Crippen molar-refractivity contribution in [3.8, 4) is 0 Å². The smallest absolute Gasteiger partial charge is 0.307 e. The molecule has 4 atom stereocenters. The Bertz CT molecular complexity index is 679. The molecule has 3 aliphatic rings. The van der Waals surface area contributed by atoms with Crippen molar-refractivity contribution in [1.29, 1.82) is 0 Å². The fourth-order valence-corrected chi connectivity index (χ4v) is 4.39. The zero-order valence-corrected chi connectivity index (χ0v) is 12.3. The molecule has 0 radical (unpaired) electrons. The van der Waals surface area contributed by atoms with Crippen molar-refractivity contribution in [2.45, 2.75) is 25.7 Å². The molecule has 3 aliphatic carbocycles. The summed E-state index contributed by atoms with van der Waals surface area (Å²) in [5.41, 5.74) is 3.46. The van der Waals surface area contributed by atoms with E-state index in [4.69, 9.17) is 0 Å². The van der Waals surface area contributed by atoms with Crippen LogP contribution in [0.1, 0.15) is 24.0 Å². The summed E-state index contributed by atoms with van der Waals surface area (Å²) >= 11 is 0. The predicted octanol–water partition coefficient (Wildman–Crippen LogP) is 2.64. The number of hydrogen-bond donors (Lipinski definition) is 2. The van der Waals surface area contributed by atoms with Crippen LogP contribution in [0, 0.1) is 23.7 Å². The maximum absolute atomic E-state index is 12.6. The van der Waals surface area contributed by atoms with Gasteiger partial charge in [0.05, 0.1) is 11.8 Å². The first-order valence-electron chi connectivity index (χ1n) is 7.97. The molecule has 4 rings (SSSR count). The molecule has 1 aromatic rings. The summed E-state index contributed by atoms with van der Waals surface area (Å²) in [5.74, 6) is -1.95. The van der Waals surface area contributed by atoms with Crippen molar-refractivity contribution in [1.82, 2.24) is 0 Å². The van der Waals surface area contributed by atoms with Crippen LogP contribution >= 0.6 is 0 Å². The number of allylic oxidation sites excluding steroid dienone is 2. The third-order valence-electron chi connectivity index (χ3n) is 5.41. The van der Waals surface area contributed by atoms with Crippen LogP contribution in [-0.2, 0) is 22.4 Å². The molecular formula is C18H19NO3. The molecule has 0 unspecified atom stereocenters. The lowest BCUT2D eigenvalue weighted by Gasteiger charge is -2.24. The first-order valence-corrected chi connectivity index (χ1v) is 7.97. The number of carboxylic acid groups (broad SMARTS) is 1. The number of rotatable bonds is 3. The van der Waals surface area contributed by atoms with E-state index in [1.807, 2.05) is 24.3 Å². The Morgan fingerprint density at radius 2 is 1.77 bits per heavy atom. The average molecular weight is 297 g/mol. The van der Waals surface area contributed by atoms with Crippen LogP contribution in [0.15, 0.2) is 30.4 Å². The van der Waals surface area contributed by atoms with E-state index in [0.29, 0.717) is 0 Å². The van der Waals surface area contributed by atoms with Gasteiger partial charge in [0, 0.05) is 5.69 Å². The summed E-state index contributed by atoms with van der Waals surface area (Å²) in [6, 6.07) is 6.05. The fourth-order valence-electron chi connectivity index (χ4n) is 4.39. The van der Waals surface area contributed by atoms with Crippen LogP contribution in [0.3, 0.4) is 0 Å². The number of carbonyl (C=O) groups is 2. The van der Waals surface area contributed by atoms with E-state index >= 15 is 0 Å². The van der Waals surface area contributed by atoms with Crippen molar-refractivity contribution in [2.24, 2.45) is 23.7 Å². The van der Waals surface area contributed by atoms with Gasteiger partial charge in [0.1, 0.15) is 0 Å². The van der Waals surface area contributed by atoms with Gasteiger partial charge in [-0.05, 0) is 60.8 Å². The lowest BCUT2D eigenvalue weighted by Crippen LogP contribution is -2.36. The van der Waals surface area contributed by atoms with Gasteiger partial charge in [-0.1, -0.05) is 18.2 Å². The monoisotopic (exact) mass is 297 g/mol. The van der Waals surface area contributed by atoms with Gasteiger partial charge in [0.15, 0.2) is 0 Å². The number of benzene rings is 1. The Hall–Kier alpha value is -2.10. The summed E-state index contributed by atoms with van der Waals surface area (Å²) in [6.45, 7) is 0. The Morgan fingerprint density at radius 1 is 1.05 bits per heavy atom. The predicted molar refractivity (Wildman–Crippen MR) is 82.4 cm³/mol. The third kappa shape index (κ3) is 2.05. The highest BCUT2D eigenvalue weighted by atomic mass is 16.4. The molecule has 4 heteroatoms. The standard InChI is InChI=1S/C18H19NO3/c20-17(15-12-4-5-13(8-12)16(15)18(21)22)19-14-7-6-10-2-1-3-11(10)9-14/h4-7,9,12-13,15-16H,1-3,8H2,(H,19,20)(H,21,22)/t12-,13-,15+,16-/m0/s1. The van der Waals surface area contributed by atoms with Crippen molar-refractivity contribution in [3.05, 3.63) is 41.5 Å². The molecule has 2 N–H and O–H groups in total. The van der Waals surface area contributed by atoms with E-state index in [1.165, 1.54) is 17.5 Å². The maximum atomic E-state index is 12.6. The second-order valence-corrected chi connectivity index (χ2v) is 6.66. The second kappa shape index (κ2) is 4.97. The van der Waals surface area contributed by atoms with Crippen LogP contribution in [0.5, 0.6) is 0 Å². The van der Waals surface area contributed by atoms with Gasteiger partial charge in [-0.3, -0.25) is 9.59 Å². The van der Waals surface area contributed by atoms with Gasteiger partial charge in [0.2, 0.25) is 5.91 Å². The molecule has 0 saturated heterocycles. The number of fused-ring (bicyclic) bond motifs is 3. The van der Waals surface area contributed by atoms with Crippen molar-refractivity contribution in [2.75, 3.05) is 5.32 Å². The lowest BCUT2D eigenvalue weighted by molar-refractivity contribution is -0.146. The average Bonchev–Trinajstić information content (AvgIpc) is 3.20. The summed E-state index contributed by atoms with van der Waals surface area (Å²) in [5, 5.41) is 12.4. The van der Waals surface area contributed by atoms with Crippen LogP contribution in [-0.4, -0.2) is 17.0 Å². The van der Waals surface area contributed by atoms with Crippen LogP contribution in [0.25, 0.3) is 0 Å². The molecule has 22 heavy (non-hydrogen) atoms. The molecule has 0 aliphatic heterocycles. The summed E-state index contributed by atoms with van der Waals surface area (Å²) in [7, 11) is 0. The van der Waals surface area contributed by atoms with Crippen LogP contribution < -0.4 is 5.32 Å². The Balaban J connectivity index is 1.55. The molecule has 1 amide bonds. The highest BCUT2D eigenvalue weighted by molar-refractivity contribution is 5.96. The van der Waals surface area contributed by atoms with Gasteiger partial charge in [-0.2, -0.15) is 0 Å². The van der Waals surface area contributed by atoms with Crippen LogP contribution in [0.4, 0.5) is 5.69 Å². The molecule has 0 heterocycles. The molecule has 1 saturated carbocycles. The van der Waals surface area contributed by atoms with Gasteiger partial charge in [0.25, 0.3) is 0 Å².